The van der Waals surface area contributed by atoms with Gasteiger partial charge in [-0.3, -0.25) is 0 Å². The molecule has 1 aliphatic carbocycles. The van der Waals surface area contributed by atoms with Crippen LogP contribution in [0.1, 0.15) is 44.4 Å². The zero-order valence-electron chi connectivity index (χ0n) is 14.0. The fraction of sp³-hybridized carbons (Fsp3) is 0.300. The molecule has 2 aromatic carbocycles. The van der Waals surface area contributed by atoms with Crippen LogP contribution in [-0.2, 0) is 10.8 Å². The van der Waals surface area contributed by atoms with E-state index in [4.69, 9.17) is 11.6 Å². The molecule has 0 fully saturated rings. The van der Waals surface area contributed by atoms with Crippen LogP contribution in [-0.4, -0.2) is 0 Å². The first-order valence-electron chi connectivity index (χ1n) is 7.34. The van der Waals surface area contributed by atoms with Crippen LogP contribution >= 0.6 is 11.6 Å². The second-order valence-corrected chi connectivity index (χ2v) is 7.24. The monoisotopic (exact) mass is 302 g/mol. The fourth-order valence-corrected chi connectivity index (χ4v) is 3.74. The summed E-state index contributed by atoms with van der Waals surface area (Å²) >= 11 is 5.98. The maximum atomic E-state index is 5.98. The van der Waals surface area contributed by atoms with Crippen LogP contribution in [0, 0.1) is 6.08 Å². The van der Waals surface area contributed by atoms with Gasteiger partial charge in [0, 0.05) is 15.9 Å². The van der Waals surface area contributed by atoms with Gasteiger partial charge in [-0.1, -0.05) is 75.7 Å². The average Bonchev–Trinajstić information content (AvgIpc) is 2.60. The molecule has 0 aliphatic heterocycles. The molecule has 0 spiro atoms. The van der Waals surface area contributed by atoms with Crippen molar-refractivity contribution in [3.63, 3.8) is 0 Å². The van der Waals surface area contributed by atoms with Gasteiger partial charge in [-0.25, -0.2) is 0 Å². The van der Waals surface area contributed by atoms with E-state index >= 15 is 0 Å². The zero-order valence-corrected chi connectivity index (χ0v) is 14.8. The summed E-state index contributed by atoms with van der Waals surface area (Å²) in [5.74, 6) is 0. The van der Waals surface area contributed by atoms with Crippen molar-refractivity contribution in [1.82, 2.24) is 0 Å². The minimum absolute atomic E-state index is 0. The first-order chi connectivity index (χ1) is 9.83. The second kappa shape index (κ2) is 5.93. The summed E-state index contributed by atoms with van der Waals surface area (Å²) < 4.78 is 0. The molecule has 0 amide bonds. The normalized spacial score (nSPS) is 17.6. The molecule has 0 N–H and O–H groups in total. The number of hydrogen-bond donors (Lipinski definition) is 0. The molecule has 0 nitrogen and oxygen atoms in total. The molecule has 108 valence electrons. The van der Waals surface area contributed by atoms with Crippen LogP contribution in [0.15, 0.2) is 54.1 Å². The minimum atomic E-state index is -0.000268. The number of benzene rings is 2. The molecule has 0 heterocycles. The standard InChI is InChI=1S/C20H20Cl.Li/c1-19(2)16-7-5-6-8-17(16)20(3,4)18(19)13-14-9-11-15(21)12-10-14;/h5-12H,1-4H3;/q-1;+1. The van der Waals surface area contributed by atoms with Crippen LogP contribution in [0.2, 0.25) is 5.02 Å². The van der Waals surface area contributed by atoms with Gasteiger partial charge in [0.2, 0.25) is 0 Å². The smallest absolute Gasteiger partial charge is 0.192 e. The molecule has 2 heteroatoms. The van der Waals surface area contributed by atoms with Crippen molar-refractivity contribution < 1.29 is 18.9 Å². The Morgan fingerprint density at radius 1 is 0.773 bits per heavy atom. The van der Waals surface area contributed by atoms with E-state index in [0.717, 1.165) is 10.6 Å². The first kappa shape index (κ1) is 17.4. The fourth-order valence-electron chi connectivity index (χ4n) is 3.61. The first-order valence-corrected chi connectivity index (χ1v) is 7.72. The molecule has 0 unspecified atom stereocenters. The van der Waals surface area contributed by atoms with E-state index < -0.39 is 0 Å². The van der Waals surface area contributed by atoms with Crippen LogP contribution < -0.4 is 18.9 Å². The second-order valence-electron chi connectivity index (χ2n) is 6.80. The maximum Gasteiger partial charge on any atom is 1.00 e. The van der Waals surface area contributed by atoms with Gasteiger partial charge in [-0.2, -0.15) is 23.8 Å². The van der Waals surface area contributed by atoms with Crippen LogP contribution in [0.25, 0.3) is 0 Å². The Morgan fingerprint density at radius 2 is 1.23 bits per heavy atom. The molecule has 1 aliphatic rings. The van der Waals surface area contributed by atoms with E-state index in [0.29, 0.717) is 0 Å². The van der Waals surface area contributed by atoms with Gasteiger partial charge in [-0.05, 0) is 11.1 Å². The molecule has 0 aromatic heterocycles. The van der Waals surface area contributed by atoms with Crippen molar-refractivity contribution in [3.05, 3.63) is 81.9 Å². The Kier molecular flexibility index (Phi) is 4.70. The van der Waals surface area contributed by atoms with Crippen molar-refractivity contribution in [2.24, 2.45) is 0 Å². The predicted octanol–water partition coefficient (Wildman–Crippen LogP) is 2.69. The van der Waals surface area contributed by atoms with E-state index in [1.54, 1.807) is 0 Å². The summed E-state index contributed by atoms with van der Waals surface area (Å²) in [6.45, 7) is 9.16. The SMILES string of the molecule is CC1(C)C(=[C-]c2ccc(Cl)cc2)C(C)(C)c2ccccc21.[Li+]. The maximum absolute atomic E-state index is 5.98. The van der Waals surface area contributed by atoms with Crippen molar-refractivity contribution in [2.45, 2.75) is 38.5 Å². The Labute approximate surface area is 150 Å². The van der Waals surface area contributed by atoms with Gasteiger partial charge in [0.1, 0.15) is 0 Å². The van der Waals surface area contributed by atoms with E-state index in [-0.39, 0.29) is 29.7 Å². The van der Waals surface area contributed by atoms with Crippen LogP contribution in [0.5, 0.6) is 0 Å². The van der Waals surface area contributed by atoms with Gasteiger partial charge in [-0.15, -0.1) is 5.57 Å². The van der Waals surface area contributed by atoms with E-state index in [1.807, 2.05) is 24.3 Å². The average molecular weight is 303 g/mol. The summed E-state index contributed by atoms with van der Waals surface area (Å²) in [5, 5.41) is 0.763. The van der Waals surface area contributed by atoms with Gasteiger partial charge in [0.25, 0.3) is 0 Å². The molecule has 22 heavy (non-hydrogen) atoms. The zero-order chi connectivity index (χ0) is 15.3. The third-order valence-electron chi connectivity index (χ3n) is 4.64. The molecule has 0 saturated carbocycles. The quantitative estimate of drug-likeness (QED) is 0.561. The molecule has 3 rings (SSSR count). The molecule has 0 saturated heterocycles. The topological polar surface area (TPSA) is 0 Å². The summed E-state index contributed by atoms with van der Waals surface area (Å²) in [5.41, 5.74) is 5.24. The molecule has 2 aromatic rings. The molecule has 0 bridgehead atoms. The van der Waals surface area contributed by atoms with Crippen molar-refractivity contribution in [1.29, 1.82) is 0 Å². The number of allylic oxidation sites excluding steroid dienone is 1. The Morgan fingerprint density at radius 3 is 1.68 bits per heavy atom. The number of rotatable bonds is 1. The van der Waals surface area contributed by atoms with Crippen LogP contribution in [0.3, 0.4) is 0 Å². The summed E-state index contributed by atoms with van der Waals surface area (Å²) in [4.78, 5) is 0. The van der Waals surface area contributed by atoms with Gasteiger partial charge in [0.15, 0.2) is 0 Å². The third kappa shape index (κ3) is 2.69. The molecule has 0 radical (unpaired) electrons. The van der Waals surface area contributed by atoms with Crippen molar-refractivity contribution >= 4 is 11.6 Å². The van der Waals surface area contributed by atoms with Crippen LogP contribution in [0.4, 0.5) is 0 Å². The molecular formula is C20H20ClLi. The Balaban J connectivity index is 0.00000176. The third-order valence-corrected chi connectivity index (χ3v) is 4.89. The molecule has 0 atom stereocenters. The minimum Gasteiger partial charge on any atom is -0.192 e. The Hall–Kier alpha value is -0.933. The van der Waals surface area contributed by atoms with E-state index in [2.05, 4.69) is 58.0 Å². The number of hydrogen-bond acceptors (Lipinski definition) is 0. The van der Waals surface area contributed by atoms with Crippen molar-refractivity contribution in [3.8, 4) is 0 Å². The van der Waals surface area contributed by atoms with E-state index in [9.17, 15) is 0 Å². The Bertz CT molecular complexity index is 672. The molecular weight excluding hydrogens is 283 g/mol. The summed E-state index contributed by atoms with van der Waals surface area (Å²) in [6, 6.07) is 16.7. The summed E-state index contributed by atoms with van der Waals surface area (Å²) in [6.07, 6.45) is 3.65. The van der Waals surface area contributed by atoms with E-state index in [1.165, 1.54) is 16.7 Å². The summed E-state index contributed by atoms with van der Waals surface area (Å²) in [7, 11) is 0. The predicted molar refractivity (Wildman–Crippen MR) is 89.8 cm³/mol. The largest absolute Gasteiger partial charge is 1.00 e. The van der Waals surface area contributed by atoms with Gasteiger partial charge >= 0.3 is 18.9 Å². The number of halogens is 1. The number of fused-ring (bicyclic) bond motifs is 1. The van der Waals surface area contributed by atoms with Gasteiger partial charge in [0.05, 0.1) is 0 Å². The van der Waals surface area contributed by atoms with Gasteiger partial charge < -0.3 is 0 Å². The van der Waals surface area contributed by atoms with Crippen molar-refractivity contribution in [2.75, 3.05) is 0 Å².